The van der Waals surface area contributed by atoms with Gasteiger partial charge in [-0.25, -0.2) is 14.4 Å². The van der Waals surface area contributed by atoms with Crippen molar-refractivity contribution in [1.29, 1.82) is 0 Å². The lowest BCUT2D eigenvalue weighted by atomic mass is 9.50. The summed E-state index contributed by atoms with van der Waals surface area (Å²) in [7, 11) is 3.46. The van der Waals surface area contributed by atoms with Crippen LogP contribution in [0.2, 0.25) is 0 Å². The number of aliphatic carboxylic acids is 1. The van der Waals surface area contributed by atoms with Crippen molar-refractivity contribution in [2.45, 2.75) is 60.7 Å². The molecule has 0 amide bonds. The van der Waals surface area contributed by atoms with Gasteiger partial charge in [0, 0.05) is 23.6 Å². The van der Waals surface area contributed by atoms with Crippen molar-refractivity contribution in [3.05, 3.63) is 71.0 Å². The average molecular weight is 582 g/mol. The van der Waals surface area contributed by atoms with E-state index < -0.39 is 53.3 Å². The van der Waals surface area contributed by atoms with Gasteiger partial charge >= 0.3 is 17.9 Å². The van der Waals surface area contributed by atoms with Crippen LogP contribution in [0.25, 0.3) is 0 Å². The fourth-order valence-corrected chi connectivity index (χ4v) is 7.10. The lowest BCUT2D eigenvalue weighted by molar-refractivity contribution is -0.183. The number of likely N-dealkylation sites (N-methyl/N-ethyl adjacent to an activating group) is 1. The van der Waals surface area contributed by atoms with E-state index in [9.17, 15) is 34.8 Å². The molecular weight excluding hydrogens is 550 g/mol. The minimum Gasteiger partial charge on any atom is -0.493 e. The van der Waals surface area contributed by atoms with Crippen molar-refractivity contribution in [1.82, 2.24) is 4.90 Å². The third kappa shape index (κ3) is 3.93. The van der Waals surface area contributed by atoms with Crippen LogP contribution in [-0.2, 0) is 35.7 Å². The summed E-state index contributed by atoms with van der Waals surface area (Å²) >= 11 is 0. The Hall–Kier alpha value is -3.97. The summed E-state index contributed by atoms with van der Waals surface area (Å²) in [5.74, 6) is -3.46. The molecule has 0 unspecified atom stereocenters. The zero-order valence-corrected chi connectivity index (χ0v) is 22.9. The number of methoxy groups -OCH3 is 1. The van der Waals surface area contributed by atoms with Crippen LogP contribution in [-0.4, -0.2) is 93.9 Å². The molecule has 1 saturated heterocycles. The second-order valence-corrected chi connectivity index (χ2v) is 11.2. The highest BCUT2D eigenvalue weighted by Crippen LogP contribution is 2.65. The number of nitrogens with zero attached hydrogens (tertiary/aromatic N) is 1. The van der Waals surface area contributed by atoms with Gasteiger partial charge in [0.05, 0.1) is 18.1 Å². The van der Waals surface area contributed by atoms with Crippen LogP contribution in [0.5, 0.6) is 11.5 Å². The molecule has 12 heteroatoms. The van der Waals surface area contributed by atoms with Crippen LogP contribution in [0.15, 0.2) is 54.3 Å². The number of piperidine rings is 1. The molecule has 2 aromatic carbocycles. The number of carbonyl (C=O) groups excluding carboxylic acids is 2. The number of carboxylic acid groups (broad SMARTS) is 1. The van der Waals surface area contributed by atoms with Gasteiger partial charge in [-0.15, -0.1) is 0 Å². The molecule has 2 bridgehead atoms. The lowest BCUT2D eigenvalue weighted by Crippen LogP contribution is -2.74. The van der Waals surface area contributed by atoms with Gasteiger partial charge in [-0.2, -0.15) is 0 Å². The van der Waals surface area contributed by atoms with Crippen LogP contribution < -0.4 is 9.47 Å². The molecule has 0 aromatic heterocycles. The Balaban J connectivity index is 1.25. The normalized spacial score (nSPS) is 29.2. The molecule has 2 heterocycles. The van der Waals surface area contributed by atoms with Gasteiger partial charge in [0.15, 0.2) is 29.8 Å². The fraction of sp³-hybridized carbons (Fsp3) is 0.433. The van der Waals surface area contributed by atoms with Crippen LogP contribution in [0, 0.1) is 0 Å². The van der Waals surface area contributed by atoms with Gasteiger partial charge in [-0.1, -0.05) is 36.4 Å². The maximum absolute atomic E-state index is 13.0. The van der Waals surface area contributed by atoms with E-state index in [0.29, 0.717) is 30.9 Å². The molecule has 222 valence electrons. The van der Waals surface area contributed by atoms with E-state index in [1.807, 2.05) is 13.1 Å². The molecule has 1 fully saturated rings. The number of benzene rings is 2. The molecule has 12 nitrogen and oxygen atoms in total. The number of hydrogen-bond acceptors (Lipinski definition) is 11. The molecule has 0 radical (unpaired) electrons. The van der Waals surface area contributed by atoms with Gasteiger partial charge in [0.25, 0.3) is 0 Å². The maximum atomic E-state index is 13.0. The predicted octanol–water partition coefficient (Wildman–Crippen LogP) is 0.607. The Morgan fingerprint density at radius 2 is 1.79 bits per heavy atom. The summed E-state index contributed by atoms with van der Waals surface area (Å²) in [4.78, 5) is 39.4. The third-order valence-electron chi connectivity index (χ3n) is 9.12. The van der Waals surface area contributed by atoms with Crippen LogP contribution in [0.4, 0.5) is 0 Å². The predicted molar refractivity (Wildman–Crippen MR) is 142 cm³/mol. The minimum absolute atomic E-state index is 0.0198. The summed E-state index contributed by atoms with van der Waals surface area (Å²) in [6, 6.07) is 11.1. The quantitative estimate of drug-likeness (QED) is 0.321. The number of likely N-dealkylation sites (tertiary alicyclic amines) is 1. The Morgan fingerprint density at radius 3 is 2.48 bits per heavy atom. The molecule has 2 aliphatic heterocycles. The van der Waals surface area contributed by atoms with Crippen molar-refractivity contribution in [2.24, 2.45) is 0 Å². The number of ether oxygens (including phenoxy) is 4. The molecule has 1 spiro atoms. The second kappa shape index (κ2) is 10.1. The largest absolute Gasteiger partial charge is 0.493 e. The molecule has 0 saturated carbocycles. The van der Waals surface area contributed by atoms with Gasteiger partial charge in [0.1, 0.15) is 5.76 Å². The van der Waals surface area contributed by atoms with Gasteiger partial charge < -0.3 is 44.3 Å². The first kappa shape index (κ1) is 28.2. The van der Waals surface area contributed by atoms with E-state index in [1.165, 1.54) is 25.3 Å². The fourth-order valence-electron chi connectivity index (χ4n) is 7.10. The second-order valence-electron chi connectivity index (χ2n) is 11.2. The summed E-state index contributed by atoms with van der Waals surface area (Å²) in [6.45, 7) is 0.642. The molecule has 6 rings (SSSR count). The van der Waals surface area contributed by atoms with Crippen molar-refractivity contribution in [3.8, 4) is 11.5 Å². The summed E-state index contributed by atoms with van der Waals surface area (Å²) in [5, 5.41) is 42.7. The number of aliphatic hydroxyl groups is 3. The summed E-state index contributed by atoms with van der Waals surface area (Å²) < 4.78 is 22.4. The Morgan fingerprint density at radius 1 is 1.07 bits per heavy atom. The number of carboxylic acids is 1. The van der Waals surface area contributed by atoms with Crippen LogP contribution in [0.1, 0.15) is 35.6 Å². The highest BCUT2D eigenvalue weighted by Gasteiger charge is 2.72. The monoisotopic (exact) mass is 581 g/mol. The van der Waals surface area contributed by atoms with Crippen LogP contribution >= 0.6 is 0 Å². The summed E-state index contributed by atoms with van der Waals surface area (Å²) in [5.41, 5.74) is -0.301. The standard InChI is InChI=1S/C30H31NO11/c1-31-13-12-29-20-16-8-9-17(39-2)24(20)41-25(29)18(10-11-30(29,38)19(31)14-16)40-27(36)21(32)22(33)28(37)42-23(26(34)35)15-6-4-3-5-7-15/h3-10,19,21-23,25,32-33,38H,11-14H2,1-2H3,(H,34,35)/t19-,21+,22+,23-,25+,29+,30-/m0/s1. The van der Waals surface area contributed by atoms with E-state index in [4.69, 9.17) is 18.9 Å². The van der Waals surface area contributed by atoms with E-state index >= 15 is 0 Å². The Labute approximate surface area is 240 Å². The average Bonchev–Trinajstić information content (AvgIpc) is 3.34. The van der Waals surface area contributed by atoms with Gasteiger partial charge in [-0.3, -0.25) is 0 Å². The minimum atomic E-state index is -2.43. The number of esters is 2. The Bertz CT molecular complexity index is 1480. The third-order valence-corrected chi connectivity index (χ3v) is 9.12. The molecular formula is C30H31NO11. The first-order valence-corrected chi connectivity index (χ1v) is 13.6. The number of rotatable bonds is 8. The molecule has 2 aliphatic carbocycles. The molecule has 4 aliphatic rings. The van der Waals surface area contributed by atoms with Crippen molar-refractivity contribution < 1.29 is 53.8 Å². The molecule has 2 aromatic rings. The number of hydrogen-bond donors (Lipinski definition) is 4. The van der Waals surface area contributed by atoms with Gasteiger partial charge in [-0.05, 0) is 44.1 Å². The Kier molecular flexibility index (Phi) is 6.76. The van der Waals surface area contributed by atoms with E-state index in [2.05, 4.69) is 4.90 Å². The summed E-state index contributed by atoms with van der Waals surface area (Å²) in [6.07, 6.45) is -4.82. The van der Waals surface area contributed by atoms with Crippen molar-refractivity contribution in [3.63, 3.8) is 0 Å². The number of aliphatic hydroxyl groups excluding tert-OH is 2. The smallest absolute Gasteiger partial charge is 0.349 e. The molecule has 4 N–H and O–H groups in total. The topological polar surface area (TPSA) is 172 Å². The maximum Gasteiger partial charge on any atom is 0.349 e. The van der Waals surface area contributed by atoms with E-state index in [1.54, 1.807) is 24.3 Å². The van der Waals surface area contributed by atoms with E-state index in [0.717, 1.165) is 11.1 Å². The SMILES string of the molecule is COc1ccc2c3c1O[C@@H]1C(OC(=O)[C@H](O)[C@@H](O)C(=O)O[C@H](C(=O)O)c4ccccc4)=CC[C@]4(O)[C@H](C2)N(C)CC[C@@]314. The molecule has 7 atom stereocenters. The highest BCUT2D eigenvalue weighted by atomic mass is 16.6. The first-order chi connectivity index (χ1) is 20.0. The highest BCUT2D eigenvalue weighted by molar-refractivity contribution is 5.87. The van der Waals surface area contributed by atoms with Gasteiger partial charge in [0.2, 0.25) is 6.10 Å². The van der Waals surface area contributed by atoms with E-state index in [-0.39, 0.29) is 23.8 Å². The molecule has 42 heavy (non-hydrogen) atoms. The van der Waals surface area contributed by atoms with Crippen molar-refractivity contribution >= 4 is 17.9 Å². The lowest BCUT2D eigenvalue weighted by Gasteiger charge is -2.61. The number of carbonyl (C=O) groups is 3. The zero-order chi connectivity index (χ0) is 30.0. The first-order valence-electron chi connectivity index (χ1n) is 13.6. The zero-order valence-electron chi connectivity index (χ0n) is 22.9. The van der Waals surface area contributed by atoms with Crippen molar-refractivity contribution in [2.75, 3.05) is 20.7 Å². The van der Waals surface area contributed by atoms with Crippen LogP contribution in [0.3, 0.4) is 0 Å².